The molecule has 3 aromatic rings. The van der Waals surface area contributed by atoms with Crippen molar-refractivity contribution in [2.45, 2.75) is 6.92 Å². The van der Waals surface area contributed by atoms with E-state index in [4.69, 9.17) is 4.74 Å². The fourth-order valence-electron chi connectivity index (χ4n) is 2.10. The van der Waals surface area contributed by atoms with E-state index in [-0.39, 0.29) is 5.97 Å². The van der Waals surface area contributed by atoms with Crippen molar-refractivity contribution in [3.8, 4) is 11.4 Å². The maximum Gasteiger partial charge on any atom is 0.343 e. The van der Waals surface area contributed by atoms with Crippen molar-refractivity contribution >= 4 is 5.97 Å². The summed E-state index contributed by atoms with van der Waals surface area (Å²) < 4.78 is 7.45. The topological polar surface area (TPSA) is 31.2 Å². The molecular weight excluding hydrogens is 262 g/mol. The Labute approximate surface area is 123 Å². The van der Waals surface area contributed by atoms with Crippen LogP contribution < -0.4 is 4.74 Å². The maximum atomic E-state index is 12.2. The number of carbonyl (C=O) groups is 1. The van der Waals surface area contributed by atoms with E-state index >= 15 is 0 Å². The molecule has 1 aromatic heterocycles. The molecule has 0 saturated carbocycles. The van der Waals surface area contributed by atoms with Crippen molar-refractivity contribution < 1.29 is 9.53 Å². The normalized spacial score (nSPS) is 10.3. The van der Waals surface area contributed by atoms with Gasteiger partial charge in [-0.15, -0.1) is 0 Å². The molecule has 104 valence electrons. The number of nitrogens with zero attached hydrogens (tertiary/aromatic N) is 1. The average molecular weight is 277 g/mol. The maximum absolute atomic E-state index is 12.2. The molecule has 0 amide bonds. The van der Waals surface area contributed by atoms with E-state index in [0.29, 0.717) is 11.3 Å². The highest BCUT2D eigenvalue weighted by Crippen LogP contribution is 2.23. The number of ether oxygens (including phenoxy) is 1. The molecule has 0 aliphatic heterocycles. The molecular formula is C18H15NO2. The number of aryl methyl sites for hydroxylation is 1. The largest absolute Gasteiger partial charge is 0.421 e. The van der Waals surface area contributed by atoms with Crippen LogP contribution in [-0.4, -0.2) is 10.5 Å². The van der Waals surface area contributed by atoms with Crippen molar-refractivity contribution in [1.82, 2.24) is 4.57 Å². The van der Waals surface area contributed by atoms with E-state index in [1.165, 1.54) is 0 Å². The molecule has 0 bridgehead atoms. The van der Waals surface area contributed by atoms with E-state index < -0.39 is 0 Å². The molecule has 0 aliphatic carbocycles. The summed E-state index contributed by atoms with van der Waals surface area (Å²) in [5.74, 6) is 0.189. The standard InChI is InChI=1S/C18H15NO2/c1-14-8-10-15(11-9-14)18(20)21-17-7-3-2-6-16(17)19-12-4-5-13-19/h2-13H,1H3. The van der Waals surface area contributed by atoms with Gasteiger partial charge < -0.3 is 9.30 Å². The van der Waals surface area contributed by atoms with Crippen LogP contribution in [0.4, 0.5) is 0 Å². The molecule has 1 heterocycles. The first-order valence-corrected chi connectivity index (χ1v) is 6.75. The molecule has 3 rings (SSSR count). The van der Waals surface area contributed by atoms with Crippen molar-refractivity contribution in [3.05, 3.63) is 84.2 Å². The molecule has 3 nitrogen and oxygen atoms in total. The van der Waals surface area contributed by atoms with Gasteiger partial charge in [-0.25, -0.2) is 4.79 Å². The van der Waals surface area contributed by atoms with Crippen LogP contribution in [0.2, 0.25) is 0 Å². The summed E-state index contributed by atoms with van der Waals surface area (Å²) in [6, 6.07) is 18.7. The molecule has 0 radical (unpaired) electrons. The summed E-state index contributed by atoms with van der Waals surface area (Å²) in [5, 5.41) is 0. The second-order valence-corrected chi connectivity index (χ2v) is 4.81. The second kappa shape index (κ2) is 5.67. The lowest BCUT2D eigenvalue weighted by atomic mass is 10.1. The molecule has 2 aromatic carbocycles. The summed E-state index contributed by atoms with van der Waals surface area (Å²) in [6.07, 6.45) is 3.83. The SMILES string of the molecule is Cc1ccc(C(=O)Oc2ccccc2-n2cccc2)cc1. The molecule has 0 atom stereocenters. The van der Waals surface area contributed by atoms with Gasteiger partial charge in [0.25, 0.3) is 0 Å². The first-order valence-electron chi connectivity index (χ1n) is 6.75. The molecule has 3 heteroatoms. The molecule has 0 spiro atoms. The van der Waals surface area contributed by atoms with E-state index in [1.54, 1.807) is 18.2 Å². The molecule has 0 fully saturated rings. The summed E-state index contributed by atoms with van der Waals surface area (Å²) in [6.45, 7) is 1.98. The number of benzene rings is 2. The van der Waals surface area contributed by atoms with Crippen LogP contribution in [0.15, 0.2) is 73.1 Å². The monoisotopic (exact) mass is 277 g/mol. The Hall–Kier alpha value is -2.81. The van der Waals surface area contributed by atoms with Gasteiger partial charge in [-0.1, -0.05) is 29.8 Å². The number of rotatable bonds is 3. The average Bonchev–Trinajstić information content (AvgIpc) is 3.02. The first-order chi connectivity index (χ1) is 10.2. The molecule has 0 unspecified atom stereocenters. The van der Waals surface area contributed by atoms with Gasteiger partial charge >= 0.3 is 5.97 Å². The molecule has 21 heavy (non-hydrogen) atoms. The lowest BCUT2D eigenvalue weighted by molar-refractivity contribution is 0.0734. The highest BCUT2D eigenvalue weighted by molar-refractivity contribution is 5.91. The lowest BCUT2D eigenvalue weighted by Crippen LogP contribution is -2.10. The van der Waals surface area contributed by atoms with Gasteiger partial charge in [-0.05, 0) is 43.3 Å². The van der Waals surface area contributed by atoms with E-state index in [1.807, 2.05) is 66.3 Å². The van der Waals surface area contributed by atoms with Gasteiger partial charge in [0.15, 0.2) is 5.75 Å². The van der Waals surface area contributed by atoms with E-state index in [9.17, 15) is 4.79 Å². The second-order valence-electron chi connectivity index (χ2n) is 4.81. The Morgan fingerprint density at radius 2 is 1.57 bits per heavy atom. The zero-order chi connectivity index (χ0) is 14.7. The number of aromatic nitrogens is 1. The number of hydrogen-bond donors (Lipinski definition) is 0. The minimum Gasteiger partial charge on any atom is -0.421 e. The van der Waals surface area contributed by atoms with Crippen molar-refractivity contribution in [2.24, 2.45) is 0 Å². The third-order valence-corrected chi connectivity index (χ3v) is 3.24. The number of esters is 1. The Kier molecular flexibility index (Phi) is 3.56. The first kappa shape index (κ1) is 13.2. The zero-order valence-corrected chi connectivity index (χ0v) is 11.7. The van der Waals surface area contributed by atoms with Crippen LogP contribution in [0.3, 0.4) is 0 Å². The van der Waals surface area contributed by atoms with Crippen molar-refractivity contribution in [1.29, 1.82) is 0 Å². The predicted molar refractivity (Wildman–Crippen MR) is 81.9 cm³/mol. The van der Waals surface area contributed by atoms with Gasteiger partial charge in [-0.3, -0.25) is 0 Å². The van der Waals surface area contributed by atoms with Gasteiger partial charge in [0, 0.05) is 12.4 Å². The van der Waals surface area contributed by atoms with Gasteiger partial charge in [0.2, 0.25) is 0 Å². The fourth-order valence-corrected chi connectivity index (χ4v) is 2.10. The summed E-state index contributed by atoms with van der Waals surface area (Å²) in [5.41, 5.74) is 2.49. The Balaban J connectivity index is 1.88. The number of hydrogen-bond acceptors (Lipinski definition) is 2. The smallest absolute Gasteiger partial charge is 0.343 e. The third-order valence-electron chi connectivity index (χ3n) is 3.24. The highest BCUT2D eigenvalue weighted by Gasteiger charge is 2.11. The van der Waals surface area contributed by atoms with Crippen LogP contribution in [0, 0.1) is 6.92 Å². The third kappa shape index (κ3) is 2.87. The van der Waals surface area contributed by atoms with Gasteiger partial charge in [0.05, 0.1) is 11.3 Å². The van der Waals surface area contributed by atoms with Gasteiger partial charge in [0.1, 0.15) is 0 Å². The number of carbonyl (C=O) groups excluding carboxylic acids is 1. The summed E-state index contributed by atoms with van der Waals surface area (Å²) >= 11 is 0. The summed E-state index contributed by atoms with van der Waals surface area (Å²) in [7, 11) is 0. The Bertz CT molecular complexity index is 743. The minimum atomic E-state index is -0.352. The fraction of sp³-hybridized carbons (Fsp3) is 0.0556. The highest BCUT2D eigenvalue weighted by atomic mass is 16.5. The van der Waals surface area contributed by atoms with Crippen LogP contribution >= 0.6 is 0 Å². The van der Waals surface area contributed by atoms with Crippen LogP contribution in [-0.2, 0) is 0 Å². The zero-order valence-electron chi connectivity index (χ0n) is 11.7. The van der Waals surface area contributed by atoms with Crippen molar-refractivity contribution in [2.75, 3.05) is 0 Å². The van der Waals surface area contributed by atoms with E-state index in [0.717, 1.165) is 11.3 Å². The number of para-hydroxylation sites is 2. The minimum absolute atomic E-state index is 0.352. The summed E-state index contributed by atoms with van der Waals surface area (Å²) in [4.78, 5) is 12.2. The molecule has 0 saturated heterocycles. The van der Waals surface area contributed by atoms with Crippen LogP contribution in [0.1, 0.15) is 15.9 Å². The molecule has 0 aliphatic rings. The Morgan fingerprint density at radius 1 is 0.905 bits per heavy atom. The van der Waals surface area contributed by atoms with Crippen LogP contribution in [0.25, 0.3) is 5.69 Å². The van der Waals surface area contributed by atoms with Crippen LogP contribution in [0.5, 0.6) is 5.75 Å². The lowest BCUT2D eigenvalue weighted by Gasteiger charge is -2.11. The van der Waals surface area contributed by atoms with Gasteiger partial charge in [-0.2, -0.15) is 0 Å². The van der Waals surface area contributed by atoms with E-state index in [2.05, 4.69) is 0 Å². The Morgan fingerprint density at radius 3 is 2.29 bits per heavy atom. The molecule has 0 N–H and O–H groups in total. The van der Waals surface area contributed by atoms with Crippen molar-refractivity contribution in [3.63, 3.8) is 0 Å². The quantitative estimate of drug-likeness (QED) is 0.535. The predicted octanol–water partition coefficient (Wildman–Crippen LogP) is 4.00.